The molecule has 0 spiro atoms. The topological polar surface area (TPSA) is 54.4 Å². The zero-order chi connectivity index (χ0) is 10.3. The Morgan fingerprint density at radius 2 is 1.92 bits per heavy atom. The third-order valence-corrected chi connectivity index (χ3v) is 5.30. The molecule has 0 aliphatic rings. The first-order valence-corrected chi connectivity index (χ1v) is 7.88. The molecule has 80 valence electrons. The van der Waals surface area contributed by atoms with E-state index < -0.39 is 14.7 Å². The van der Waals surface area contributed by atoms with E-state index in [2.05, 4.69) is 0 Å². The molecule has 13 heavy (non-hydrogen) atoms. The van der Waals surface area contributed by atoms with E-state index in [0.717, 1.165) is 11.5 Å². The first-order valence-electron chi connectivity index (χ1n) is 4.18. The third-order valence-electron chi connectivity index (χ3n) is 1.39. The summed E-state index contributed by atoms with van der Waals surface area (Å²) in [5, 5.41) is 0. The van der Waals surface area contributed by atoms with Gasteiger partial charge in [-0.05, 0) is 23.7 Å². The highest BCUT2D eigenvalue weighted by molar-refractivity contribution is 8.11. The van der Waals surface area contributed by atoms with E-state index in [1.54, 1.807) is 11.8 Å². The molecular weight excluding hydrogens is 228 g/mol. The van der Waals surface area contributed by atoms with Crippen LogP contribution in [0, 0.1) is 0 Å². The van der Waals surface area contributed by atoms with Gasteiger partial charge in [0.05, 0.1) is 0 Å². The Morgan fingerprint density at radius 1 is 1.31 bits per heavy atom. The van der Waals surface area contributed by atoms with Crippen molar-refractivity contribution in [2.24, 2.45) is 0 Å². The number of thioether (sulfide) groups is 2. The van der Waals surface area contributed by atoms with E-state index >= 15 is 0 Å². The maximum absolute atomic E-state index is 10.8. The summed E-state index contributed by atoms with van der Waals surface area (Å²) in [4.78, 5) is 0. The molecule has 0 radical (unpaired) electrons. The van der Waals surface area contributed by atoms with Crippen molar-refractivity contribution < 1.29 is 13.0 Å². The van der Waals surface area contributed by atoms with Crippen LogP contribution in [0.2, 0.25) is 0 Å². The Hall–Kier alpha value is 0.610. The smallest absolute Gasteiger partial charge is 0.277 e. The number of hydrogen-bond acceptors (Lipinski definition) is 4. The minimum Gasteiger partial charge on any atom is -0.285 e. The number of hydrogen-bond donors (Lipinski definition) is 1. The van der Waals surface area contributed by atoms with Gasteiger partial charge in [-0.1, -0.05) is 13.8 Å². The molecule has 0 aliphatic heterocycles. The van der Waals surface area contributed by atoms with Crippen LogP contribution in [0.1, 0.15) is 20.3 Å². The average molecular weight is 244 g/mol. The van der Waals surface area contributed by atoms with E-state index in [4.69, 9.17) is 4.55 Å². The molecule has 0 saturated heterocycles. The van der Waals surface area contributed by atoms with E-state index in [1.165, 1.54) is 11.8 Å². The molecule has 1 N–H and O–H groups in total. The first kappa shape index (κ1) is 13.6. The second kappa shape index (κ2) is 6.98. The molecule has 0 aliphatic carbocycles. The Labute approximate surface area is 88.8 Å². The molecular formula is C7H16O3S3. The van der Waals surface area contributed by atoms with Gasteiger partial charge in [0, 0.05) is 0 Å². The second-order valence-corrected chi connectivity index (χ2v) is 7.16. The fraction of sp³-hybridized carbons (Fsp3) is 1.00. The maximum atomic E-state index is 10.8. The van der Waals surface area contributed by atoms with Crippen molar-refractivity contribution in [3.8, 4) is 0 Å². The van der Waals surface area contributed by atoms with Crippen molar-refractivity contribution in [3.63, 3.8) is 0 Å². The molecule has 0 saturated carbocycles. The summed E-state index contributed by atoms with van der Waals surface area (Å²) < 4.78 is 29.9. The van der Waals surface area contributed by atoms with Crippen LogP contribution in [0.15, 0.2) is 0 Å². The highest BCUT2D eigenvalue weighted by Crippen LogP contribution is 2.21. The van der Waals surface area contributed by atoms with Gasteiger partial charge in [-0.3, -0.25) is 4.55 Å². The van der Waals surface area contributed by atoms with Crippen LogP contribution >= 0.6 is 23.5 Å². The summed E-state index contributed by atoms with van der Waals surface area (Å²) >= 11 is 2.97. The van der Waals surface area contributed by atoms with Gasteiger partial charge in [-0.15, -0.1) is 11.8 Å². The van der Waals surface area contributed by atoms with E-state index in [0.29, 0.717) is 12.2 Å². The molecule has 0 heterocycles. The third kappa shape index (κ3) is 6.65. The maximum Gasteiger partial charge on any atom is 0.277 e. The highest BCUT2D eigenvalue weighted by Gasteiger charge is 2.21. The van der Waals surface area contributed by atoms with Gasteiger partial charge in [0.2, 0.25) is 0 Å². The van der Waals surface area contributed by atoms with Gasteiger partial charge in [-0.2, -0.15) is 20.2 Å². The van der Waals surface area contributed by atoms with Crippen molar-refractivity contribution in [1.29, 1.82) is 0 Å². The molecule has 0 aromatic heterocycles. The lowest BCUT2D eigenvalue weighted by Crippen LogP contribution is -2.17. The van der Waals surface area contributed by atoms with Crippen LogP contribution in [0.25, 0.3) is 0 Å². The molecule has 1 atom stereocenters. The summed E-state index contributed by atoms with van der Waals surface area (Å²) in [5.74, 6) is 2.48. The lowest BCUT2D eigenvalue weighted by molar-refractivity contribution is 0.479. The molecule has 3 nitrogen and oxygen atoms in total. The van der Waals surface area contributed by atoms with Crippen molar-refractivity contribution in [1.82, 2.24) is 0 Å². The Morgan fingerprint density at radius 3 is 2.31 bits per heavy atom. The van der Waals surface area contributed by atoms with Crippen LogP contribution < -0.4 is 0 Å². The molecule has 0 aromatic carbocycles. The van der Waals surface area contributed by atoms with E-state index in [-0.39, 0.29) is 0 Å². The Kier molecular flexibility index (Phi) is 7.30. The van der Waals surface area contributed by atoms with Crippen LogP contribution in [0.4, 0.5) is 0 Å². The zero-order valence-corrected chi connectivity index (χ0v) is 10.3. The fourth-order valence-corrected chi connectivity index (χ4v) is 3.99. The van der Waals surface area contributed by atoms with Crippen molar-refractivity contribution in [3.05, 3.63) is 0 Å². The van der Waals surface area contributed by atoms with Crippen molar-refractivity contribution in [2.45, 2.75) is 24.9 Å². The second-order valence-electron chi connectivity index (χ2n) is 2.39. The van der Waals surface area contributed by atoms with E-state index in [1.807, 2.05) is 13.8 Å². The monoisotopic (exact) mass is 244 g/mol. The van der Waals surface area contributed by atoms with Crippen LogP contribution in [0.3, 0.4) is 0 Å². The molecule has 0 bridgehead atoms. The first-order chi connectivity index (χ1) is 6.02. The average Bonchev–Trinajstić information content (AvgIpc) is 2.01. The molecule has 6 heteroatoms. The van der Waals surface area contributed by atoms with Crippen LogP contribution in [-0.2, 0) is 10.1 Å². The van der Waals surface area contributed by atoms with Gasteiger partial charge >= 0.3 is 0 Å². The summed E-state index contributed by atoms with van der Waals surface area (Å²) in [6, 6.07) is 0. The quantitative estimate of drug-likeness (QED) is 0.549. The van der Waals surface area contributed by atoms with Crippen molar-refractivity contribution >= 4 is 33.6 Å². The largest absolute Gasteiger partial charge is 0.285 e. The molecule has 0 amide bonds. The summed E-state index contributed by atoms with van der Waals surface area (Å²) in [6.45, 7) is 3.91. The van der Waals surface area contributed by atoms with Crippen molar-refractivity contribution in [2.75, 3.05) is 17.3 Å². The lowest BCUT2D eigenvalue weighted by Gasteiger charge is -2.11. The Bertz CT molecular complexity index is 213. The highest BCUT2D eigenvalue weighted by atomic mass is 32.3. The minimum atomic E-state index is -3.86. The molecule has 0 aromatic rings. The predicted molar refractivity (Wildman–Crippen MR) is 61.1 cm³/mol. The molecule has 0 rings (SSSR count). The number of rotatable bonds is 7. The van der Waals surface area contributed by atoms with Gasteiger partial charge in [0.15, 0.2) is 0 Å². The molecule has 0 fully saturated rings. The van der Waals surface area contributed by atoms with E-state index in [9.17, 15) is 8.42 Å². The van der Waals surface area contributed by atoms with Crippen LogP contribution in [0.5, 0.6) is 0 Å². The summed E-state index contributed by atoms with van der Waals surface area (Å²) in [7, 11) is -3.86. The van der Waals surface area contributed by atoms with Gasteiger partial charge in [0.25, 0.3) is 10.1 Å². The summed E-state index contributed by atoms with van der Waals surface area (Å²) in [5.41, 5.74) is 0. The predicted octanol–water partition coefficient (Wildman–Crippen LogP) is 2.10. The summed E-state index contributed by atoms with van der Waals surface area (Å²) in [6.07, 6.45) is 0.524. The van der Waals surface area contributed by atoms with Crippen LogP contribution in [-0.4, -0.2) is 34.8 Å². The normalized spacial score (nSPS) is 14.4. The Balaban J connectivity index is 3.96. The molecule has 1 unspecified atom stereocenters. The fourth-order valence-electron chi connectivity index (χ4n) is 0.828. The SMILES string of the molecule is CCSCCC(SCC)S(=O)(=O)O. The van der Waals surface area contributed by atoms with Gasteiger partial charge in [0.1, 0.15) is 4.58 Å². The van der Waals surface area contributed by atoms with Gasteiger partial charge < -0.3 is 0 Å². The minimum absolute atomic E-state index is 0.524. The standard InChI is InChI=1S/C7H16O3S3/c1-3-11-6-5-7(12-4-2)13(8,9)10/h7H,3-6H2,1-2H3,(H,8,9,10). The zero-order valence-electron chi connectivity index (χ0n) is 7.89. The lowest BCUT2D eigenvalue weighted by atomic mass is 10.6. The van der Waals surface area contributed by atoms with Gasteiger partial charge in [-0.25, -0.2) is 0 Å².